The number of aromatic nitrogens is 2. The van der Waals surface area contributed by atoms with E-state index in [1.807, 2.05) is 18.5 Å². The molecule has 7 heteroatoms. The van der Waals surface area contributed by atoms with Crippen molar-refractivity contribution in [2.75, 3.05) is 57.3 Å². The second kappa shape index (κ2) is 12.1. The van der Waals surface area contributed by atoms with Crippen molar-refractivity contribution in [3.8, 4) is 0 Å². The molecular weight excluding hydrogens is 374 g/mol. The van der Waals surface area contributed by atoms with Crippen LogP contribution in [0.4, 0.5) is 5.95 Å². The number of aliphatic imine (C=N–C) groups is 1. The first-order chi connectivity index (χ1) is 14.8. The molecule has 0 spiro atoms. The van der Waals surface area contributed by atoms with E-state index in [9.17, 15) is 0 Å². The number of benzene rings is 1. The molecule has 1 unspecified atom stereocenters. The van der Waals surface area contributed by atoms with Crippen molar-refractivity contribution in [2.24, 2.45) is 4.99 Å². The van der Waals surface area contributed by atoms with Gasteiger partial charge < -0.3 is 15.5 Å². The summed E-state index contributed by atoms with van der Waals surface area (Å²) in [6, 6.07) is 12.4. The molecule has 2 aromatic rings. The van der Waals surface area contributed by atoms with Crippen molar-refractivity contribution >= 4 is 11.9 Å². The van der Waals surface area contributed by atoms with Crippen LogP contribution in [0.25, 0.3) is 0 Å². The highest BCUT2D eigenvalue weighted by Crippen LogP contribution is 2.14. The molecule has 7 nitrogen and oxygen atoms in total. The third-order valence-electron chi connectivity index (χ3n) is 5.39. The average Bonchev–Trinajstić information content (AvgIpc) is 2.81. The molecule has 0 amide bonds. The normalized spacial score (nSPS) is 16.3. The number of hydrogen-bond acceptors (Lipinski definition) is 5. The van der Waals surface area contributed by atoms with E-state index < -0.39 is 0 Å². The van der Waals surface area contributed by atoms with Gasteiger partial charge in [0.1, 0.15) is 0 Å². The van der Waals surface area contributed by atoms with Gasteiger partial charge in [-0.1, -0.05) is 37.3 Å². The van der Waals surface area contributed by atoms with Crippen molar-refractivity contribution < 1.29 is 0 Å². The molecule has 1 atom stereocenters. The summed E-state index contributed by atoms with van der Waals surface area (Å²) in [7, 11) is 0. The Morgan fingerprint density at radius 1 is 1.03 bits per heavy atom. The molecule has 30 heavy (non-hydrogen) atoms. The van der Waals surface area contributed by atoms with Crippen LogP contribution in [0, 0.1) is 0 Å². The molecule has 2 N–H and O–H groups in total. The summed E-state index contributed by atoms with van der Waals surface area (Å²) in [6.07, 6.45) is 4.72. The van der Waals surface area contributed by atoms with Crippen molar-refractivity contribution in [1.82, 2.24) is 25.5 Å². The minimum absolute atomic E-state index is 0.409. The Balaban J connectivity index is 1.35. The van der Waals surface area contributed by atoms with Gasteiger partial charge >= 0.3 is 0 Å². The van der Waals surface area contributed by atoms with E-state index in [1.54, 1.807) is 0 Å². The highest BCUT2D eigenvalue weighted by molar-refractivity contribution is 5.79. The predicted octanol–water partition coefficient (Wildman–Crippen LogP) is 2.35. The zero-order valence-electron chi connectivity index (χ0n) is 18.3. The van der Waals surface area contributed by atoms with E-state index in [2.05, 4.69) is 74.6 Å². The summed E-state index contributed by atoms with van der Waals surface area (Å²) >= 11 is 0. The Kier molecular flexibility index (Phi) is 8.90. The zero-order valence-corrected chi connectivity index (χ0v) is 18.3. The van der Waals surface area contributed by atoms with Gasteiger partial charge in [-0.2, -0.15) is 0 Å². The fourth-order valence-corrected chi connectivity index (χ4v) is 3.59. The predicted molar refractivity (Wildman–Crippen MR) is 124 cm³/mol. The number of hydrogen-bond donors (Lipinski definition) is 2. The molecule has 162 valence electrons. The van der Waals surface area contributed by atoms with Gasteiger partial charge in [0.15, 0.2) is 5.96 Å². The van der Waals surface area contributed by atoms with Crippen LogP contribution in [0.3, 0.4) is 0 Å². The number of anilines is 1. The SMILES string of the molecule is CCNC(=NCC(C)c1ccccc1)NCCCN1CCN(c2ncccn2)CC1. The number of piperazine rings is 1. The van der Waals surface area contributed by atoms with Crippen LogP contribution in [-0.2, 0) is 0 Å². The van der Waals surface area contributed by atoms with E-state index in [4.69, 9.17) is 4.99 Å². The minimum Gasteiger partial charge on any atom is -0.357 e. The molecule has 2 heterocycles. The van der Waals surface area contributed by atoms with Crippen LogP contribution in [0.1, 0.15) is 31.7 Å². The van der Waals surface area contributed by atoms with Crippen LogP contribution < -0.4 is 15.5 Å². The first kappa shape index (κ1) is 22.0. The maximum Gasteiger partial charge on any atom is 0.225 e. The second-order valence-corrected chi connectivity index (χ2v) is 7.69. The fraction of sp³-hybridized carbons (Fsp3) is 0.522. The van der Waals surface area contributed by atoms with Crippen LogP contribution in [0.2, 0.25) is 0 Å². The maximum absolute atomic E-state index is 4.78. The van der Waals surface area contributed by atoms with Gasteiger partial charge in [-0.25, -0.2) is 9.97 Å². The standard InChI is InChI=1S/C23H35N7/c1-3-24-22(28-19-20(2)21-9-5-4-6-10-21)25-13-8-14-29-15-17-30(18-16-29)23-26-11-7-12-27-23/h4-7,9-12,20H,3,8,13-19H2,1-2H3,(H2,24,25,28). The molecule has 1 aliphatic rings. The Hall–Kier alpha value is -2.67. The van der Waals surface area contributed by atoms with Gasteiger partial charge in [-0.15, -0.1) is 0 Å². The number of nitrogens with one attached hydrogen (secondary N) is 2. The van der Waals surface area contributed by atoms with Gasteiger partial charge in [0.25, 0.3) is 0 Å². The number of nitrogens with zero attached hydrogens (tertiary/aromatic N) is 5. The Morgan fingerprint density at radius 3 is 2.47 bits per heavy atom. The molecule has 0 bridgehead atoms. The molecule has 1 fully saturated rings. The monoisotopic (exact) mass is 409 g/mol. The van der Waals surface area contributed by atoms with E-state index in [-0.39, 0.29) is 0 Å². The lowest BCUT2D eigenvalue weighted by atomic mass is 10.0. The van der Waals surface area contributed by atoms with Gasteiger partial charge in [-0.05, 0) is 31.5 Å². The lowest BCUT2D eigenvalue weighted by molar-refractivity contribution is 0.254. The molecule has 0 saturated carbocycles. The molecule has 0 aliphatic carbocycles. The molecule has 0 radical (unpaired) electrons. The highest BCUT2D eigenvalue weighted by Gasteiger charge is 2.18. The molecule has 1 aromatic heterocycles. The Labute approximate surface area is 180 Å². The summed E-state index contributed by atoms with van der Waals surface area (Å²) in [5.74, 6) is 2.16. The van der Waals surface area contributed by atoms with E-state index in [0.717, 1.165) is 70.7 Å². The topological polar surface area (TPSA) is 68.7 Å². The zero-order chi connectivity index (χ0) is 21.0. The maximum atomic E-state index is 4.78. The smallest absolute Gasteiger partial charge is 0.225 e. The summed E-state index contributed by atoms with van der Waals surface area (Å²) in [5.41, 5.74) is 1.33. The first-order valence-corrected chi connectivity index (χ1v) is 11.1. The van der Waals surface area contributed by atoms with Crippen LogP contribution in [0.15, 0.2) is 53.8 Å². The highest BCUT2D eigenvalue weighted by atomic mass is 15.3. The molecule has 1 aliphatic heterocycles. The van der Waals surface area contributed by atoms with Crippen molar-refractivity contribution in [3.05, 3.63) is 54.4 Å². The number of guanidine groups is 1. The second-order valence-electron chi connectivity index (χ2n) is 7.69. The van der Waals surface area contributed by atoms with Crippen LogP contribution >= 0.6 is 0 Å². The van der Waals surface area contributed by atoms with Gasteiger partial charge in [-0.3, -0.25) is 9.89 Å². The lowest BCUT2D eigenvalue weighted by Crippen LogP contribution is -2.47. The van der Waals surface area contributed by atoms with Gasteiger partial charge in [0.2, 0.25) is 5.95 Å². The third-order valence-corrected chi connectivity index (χ3v) is 5.39. The first-order valence-electron chi connectivity index (χ1n) is 11.1. The van der Waals surface area contributed by atoms with Crippen LogP contribution in [-0.4, -0.2) is 73.2 Å². The van der Waals surface area contributed by atoms with Crippen molar-refractivity contribution in [3.63, 3.8) is 0 Å². The Morgan fingerprint density at radius 2 is 1.77 bits per heavy atom. The quantitative estimate of drug-likeness (QED) is 0.376. The molecule has 3 rings (SSSR count). The van der Waals surface area contributed by atoms with Gasteiger partial charge in [0.05, 0.1) is 0 Å². The van der Waals surface area contributed by atoms with Gasteiger partial charge in [0, 0.05) is 64.1 Å². The van der Waals surface area contributed by atoms with E-state index in [1.165, 1.54) is 5.56 Å². The molecular formula is C23H35N7. The van der Waals surface area contributed by atoms with E-state index in [0.29, 0.717) is 5.92 Å². The fourth-order valence-electron chi connectivity index (χ4n) is 3.59. The van der Waals surface area contributed by atoms with E-state index >= 15 is 0 Å². The Bertz CT molecular complexity index is 743. The summed E-state index contributed by atoms with van der Waals surface area (Å²) in [6.45, 7) is 12.1. The minimum atomic E-state index is 0.409. The summed E-state index contributed by atoms with van der Waals surface area (Å²) in [4.78, 5) is 18.3. The van der Waals surface area contributed by atoms with Crippen LogP contribution in [0.5, 0.6) is 0 Å². The molecule has 1 saturated heterocycles. The molecule has 1 aromatic carbocycles. The third kappa shape index (κ3) is 6.99. The van der Waals surface area contributed by atoms with Crippen molar-refractivity contribution in [1.29, 1.82) is 0 Å². The number of rotatable bonds is 9. The van der Waals surface area contributed by atoms with Crippen molar-refractivity contribution in [2.45, 2.75) is 26.2 Å². The lowest BCUT2D eigenvalue weighted by Gasteiger charge is -2.34. The largest absolute Gasteiger partial charge is 0.357 e. The average molecular weight is 410 g/mol. The summed E-state index contributed by atoms with van der Waals surface area (Å²) < 4.78 is 0. The summed E-state index contributed by atoms with van der Waals surface area (Å²) in [5, 5.41) is 6.84.